The Morgan fingerprint density at radius 2 is 1.26 bits per heavy atom. The van der Waals surface area contributed by atoms with E-state index in [4.69, 9.17) is 11.5 Å². The second kappa shape index (κ2) is 34.1. The van der Waals surface area contributed by atoms with Crippen LogP contribution >= 0.6 is 23.5 Å². The molecule has 5 heterocycles. The van der Waals surface area contributed by atoms with E-state index in [1.807, 2.05) is 24.3 Å². The van der Waals surface area contributed by atoms with E-state index < -0.39 is 144 Å². The lowest BCUT2D eigenvalue weighted by Crippen LogP contribution is -2.65. The number of thioether (sulfide) groups is 2. The fourth-order valence-corrected chi connectivity index (χ4v) is 13.9. The summed E-state index contributed by atoms with van der Waals surface area (Å²) < 4.78 is 29.8. The molecule has 2 bridgehead atoms. The van der Waals surface area contributed by atoms with Gasteiger partial charge in [0, 0.05) is 101 Å². The van der Waals surface area contributed by atoms with Crippen LogP contribution in [0.15, 0.2) is 110 Å². The molecule has 9 rings (SSSR count). The number of phenols is 1. The van der Waals surface area contributed by atoms with E-state index in [0.29, 0.717) is 51.2 Å². The predicted octanol–water partition coefficient (Wildman–Crippen LogP) is 1.19. The number of aliphatic hydroxyl groups is 1. The first-order chi connectivity index (χ1) is 47.4. The zero-order valence-corrected chi connectivity index (χ0v) is 55.5. The largest absolute Gasteiger partial charge is 0.508 e. The van der Waals surface area contributed by atoms with Gasteiger partial charge in [-0.2, -0.15) is 23.5 Å². The molecule has 3 aromatic heterocycles. The molecular formula is C67H79F2N15O13S2. The van der Waals surface area contributed by atoms with Crippen molar-refractivity contribution in [1.82, 2.24) is 67.4 Å². The standard InChI is InChI=1S/C67H79F2N15O13S2/c1-67-16-3-18-84(67)65(96)54(21-36-6-10-44(85)11-7-36)82-63(94)52(26-43-30-72-35-76-43)80-64(95)53(27-58(88)89)81-62(93)51(23-40-29-74-48-13-9-42(69)25-46(40)48)79-61(92)50(22-39-28-73-47-12-8-41(68)24-45(39)47)78-57(87)31-75-60(91)49(14-17-70)77-56(86)15-19-98-32-37-4-2-5-38(20-37)33-99-34-55(59(71)90)83-66(67)97/h2,4-13,20,24-25,28-30,35,49-55,65,73-74,85,96H,3,14-19,21-23,26-27,31-34,70H2,1H3,(H2,71,90)(H,72,76)(H,75,91)(H,77,86)(H,78,87)(H,79,92)(H,80,95)(H,81,93)(H,82,94)(H,83,97)(H,88,89)/t49-,50-,51-,52-,53-,54-,55-,65?,67-/m0/s1. The van der Waals surface area contributed by atoms with Crippen LogP contribution in [0.25, 0.3) is 21.8 Å². The van der Waals surface area contributed by atoms with Gasteiger partial charge in [0.05, 0.1) is 30.9 Å². The van der Waals surface area contributed by atoms with Gasteiger partial charge < -0.3 is 84.3 Å². The van der Waals surface area contributed by atoms with Crippen LogP contribution in [0.5, 0.6) is 5.75 Å². The Morgan fingerprint density at radius 1 is 0.677 bits per heavy atom. The third-order valence-corrected chi connectivity index (χ3v) is 19.4. The fraction of sp³-hybridized carbons (Fsp3) is 0.388. The van der Waals surface area contributed by atoms with Crippen LogP contribution in [0, 0.1) is 11.6 Å². The van der Waals surface area contributed by atoms with Gasteiger partial charge in [0.25, 0.3) is 0 Å². The van der Waals surface area contributed by atoms with Crippen molar-refractivity contribution in [3.8, 4) is 5.75 Å². The number of fused-ring (bicyclic) bond motifs is 5. The van der Waals surface area contributed by atoms with Crippen molar-refractivity contribution >= 4 is 104 Å². The van der Waals surface area contributed by atoms with E-state index in [-0.39, 0.29) is 79.8 Å². The maximum atomic E-state index is 15.0. The molecule has 1 unspecified atom stereocenters. The van der Waals surface area contributed by atoms with Crippen molar-refractivity contribution < 1.29 is 72.0 Å². The van der Waals surface area contributed by atoms with Gasteiger partial charge in [-0.1, -0.05) is 36.4 Å². The molecule has 9 atom stereocenters. The minimum absolute atomic E-state index is 0.00665. The Hall–Kier alpha value is -9.89. The number of carbonyl (C=O) groups excluding carboxylic acids is 9. The quantitative estimate of drug-likeness (QED) is 0.0771. The summed E-state index contributed by atoms with van der Waals surface area (Å²) in [5.74, 6) is -9.81. The molecule has 526 valence electrons. The van der Waals surface area contributed by atoms with Gasteiger partial charge >= 0.3 is 5.97 Å². The van der Waals surface area contributed by atoms with E-state index in [2.05, 4.69) is 62.5 Å². The number of nitrogens with one attached hydrogen (secondary N) is 11. The van der Waals surface area contributed by atoms with Crippen LogP contribution in [-0.4, -0.2) is 184 Å². The van der Waals surface area contributed by atoms with Gasteiger partial charge in [0.15, 0.2) is 0 Å². The minimum Gasteiger partial charge on any atom is -0.508 e. The molecule has 28 nitrogen and oxygen atoms in total. The van der Waals surface area contributed by atoms with Crippen LogP contribution < -0.4 is 54.0 Å². The number of aromatic hydroxyl groups is 1. The second-order valence-corrected chi connectivity index (χ2v) is 26.7. The topological polar surface area (TPSA) is 443 Å². The third-order valence-electron chi connectivity index (χ3n) is 17.3. The summed E-state index contributed by atoms with van der Waals surface area (Å²) in [6.07, 6.45) is 1.92. The van der Waals surface area contributed by atoms with E-state index in [1.165, 1.54) is 95.8 Å². The summed E-state index contributed by atoms with van der Waals surface area (Å²) >= 11 is 2.79. The van der Waals surface area contributed by atoms with Crippen molar-refractivity contribution in [3.63, 3.8) is 0 Å². The SMILES string of the molecule is C[C@@]12CCCN1C(O)[C@H](Cc1ccc(O)cc1)NC(=O)[C@H](Cc1cnc[nH]1)NC(=O)[C@H](CC(=O)O)NC(=O)[C@H](Cc1c[nH]c3ccc(F)cc13)NC(=O)[C@H](Cc1c[nH]c3ccc(F)cc13)NC(=O)CNC(=O)[C@H](CCN)NC(=O)CCSCc1cccc(c1)CSC[C@@H](C(N)=O)NC2=O. The molecule has 0 spiro atoms. The first-order valence-electron chi connectivity index (χ1n) is 32.0. The second-order valence-electron chi connectivity index (χ2n) is 24.5. The number of hydrogen-bond donors (Lipinski definition) is 16. The van der Waals surface area contributed by atoms with Crippen LogP contribution in [-0.2, 0) is 85.1 Å². The highest BCUT2D eigenvalue weighted by molar-refractivity contribution is 7.98. The zero-order chi connectivity index (χ0) is 70.9. The number of H-pyrrole nitrogens is 3. The lowest BCUT2D eigenvalue weighted by atomic mass is 9.94. The lowest BCUT2D eigenvalue weighted by Gasteiger charge is -2.41. The molecule has 0 aliphatic carbocycles. The van der Waals surface area contributed by atoms with Gasteiger partial charge in [-0.15, -0.1) is 0 Å². The molecule has 32 heteroatoms. The van der Waals surface area contributed by atoms with E-state index >= 15 is 9.59 Å². The van der Waals surface area contributed by atoms with Crippen molar-refractivity contribution in [3.05, 3.63) is 155 Å². The number of primary amides is 1. The number of rotatable bonds is 13. The number of aliphatic carboxylic acids is 1. The van der Waals surface area contributed by atoms with E-state index in [9.17, 15) is 62.5 Å². The Bertz CT molecular complexity index is 4070. The fourth-order valence-electron chi connectivity index (χ4n) is 12.0. The molecule has 7 aromatic rings. The monoisotopic (exact) mass is 1400 g/mol. The third kappa shape index (κ3) is 19.9. The number of aromatic amines is 3. The normalized spacial score (nSPS) is 23.8. The Kier molecular flexibility index (Phi) is 25.2. The highest BCUT2D eigenvalue weighted by Crippen LogP contribution is 2.33. The van der Waals surface area contributed by atoms with Crippen molar-refractivity contribution in [2.24, 2.45) is 11.5 Å². The Balaban J connectivity index is 1.05. The number of carboxylic acids is 1. The Morgan fingerprint density at radius 3 is 1.87 bits per heavy atom. The van der Waals surface area contributed by atoms with Crippen molar-refractivity contribution in [1.29, 1.82) is 0 Å². The van der Waals surface area contributed by atoms with Crippen LogP contribution in [0.1, 0.15) is 72.5 Å². The lowest BCUT2D eigenvalue weighted by molar-refractivity contribution is -0.143. The summed E-state index contributed by atoms with van der Waals surface area (Å²) in [6, 6.07) is 10.3. The summed E-state index contributed by atoms with van der Waals surface area (Å²) in [5.41, 5.74) is 14.2. The van der Waals surface area contributed by atoms with E-state index in [0.717, 1.165) is 17.2 Å². The number of imidazole rings is 1. The number of hydrogen-bond acceptors (Lipinski definition) is 17. The van der Waals surface area contributed by atoms with Gasteiger partial charge in [-0.3, -0.25) is 52.8 Å². The summed E-state index contributed by atoms with van der Waals surface area (Å²) in [7, 11) is 0. The number of benzene rings is 4. The highest BCUT2D eigenvalue weighted by Gasteiger charge is 2.49. The summed E-state index contributed by atoms with van der Waals surface area (Å²) in [6.45, 7) is 0.891. The number of nitrogens with two attached hydrogens (primary N) is 2. The zero-order valence-electron chi connectivity index (χ0n) is 53.9. The van der Waals surface area contributed by atoms with Gasteiger partial charge in [-0.05, 0) is 115 Å². The summed E-state index contributed by atoms with van der Waals surface area (Å²) in [4.78, 5) is 156. The van der Waals surface area contributed by atoms with Crippen LogP contribution in [0.4, 0.5) is 8.78 Å². The first-order valence-corrected chi connectivity index (χ1v) is 34.3. The maximum absolute atomic E-state index is 15.0. The molecule has 9 amide bonds. The molecule has 2 aliphatic heterocycles. The number of carboxylic acid groups (broad SMARTS) is 1. The molecule has 1 saturated heterocycles. The average molecular weight is 1400 g/mol. The molecular weight excluding hydrogens is 1320 g/mol. The number of phenolic OH excluding ortho intramolecular Hbond substituents is 1. The average Bonchev–Trinajstić information content (AvgIpc) is 1.69. The number of aromatic nitrogens is 4. The number of aliphatic hydroxyl groups excluding tert-OH is 1. The number of nitrogens with zero attached hydrogens (tertiary/aromatic N) is 2. The molecule has 4 aromatic carbocycles. The minimum atomic E-state index is -2.03. The maximum Gasteiger partial charge on any atom is 0.305 e. The van der Waals surface area contributed by atoms with Gasteiger partial charge in [0.1, 0.15) is 59.9 Å². The van der Waals surface area contributed by atoms with Crippen LogP contribution in [0.2, 0.25) is 0 Å². The Labute approximate surface area is 574 Å². The molecule has 1 fully saturated rings. The molecule has 0 radical (unpaired) electrons. The molecule has 0 saturated carbocycles. The molecule has 18 N–H and O–H groups in total. The van der Waals surface area contributed by atoms with Crippen molar-refractivity contribution in [2.45, 2.75) is 130 Å². The van der Waals surface area contributed by atoms with Crippen molar-refractivity contribution in [2.75, 3.05) is 31.1 Å². The van der Waals surface area contributed by atoms with E-state index in [1.54, 1.807) is 19.1 Å². The number of amides is 9. The smallest absolute Gasteiger partial charge is 0.305 e. The first kappa shape index (κ1) is 73.4. The van der Waals surface area contributed by atoms with Gasteiger partial charge in [0.2, 0.25) is 53.2 Å². The van der Waals surface area contributed by atoms with Crippen LogP contribution in [0.3, 0.4) is 0 Å². The molecule has 99 heavy (non-hydrogen) atoms. The highest BCUT2D eigenvalue weighted by atomic mass is 32.2. The predicted molar refractivity (Wildman–Crippen MR) is 363 cm³/mol. The molecule has 2 aliphatic rings. The summed E-state index contributed by atoms with van der Waals surface area (Å²) in [5, 5.41) is 54.7. The van der Waals surface area contributed by atoms with Gasteiger partial charge in [-0.25, -0.2) is 13.8 Å². The number of halogens is 2. The number of carbonyl (C=O) groups is 10.